The van der Waals surface area contributed by atoms with E-state index in [-0.39, 0.29) is 87.3 Å². The fourth-order valence-corrected chi connectivity index (χ4v) is 5.58. The fraction of sp³-hybridized carbons (Fsp3) is 0. The van der Waals surface area contributed by atoms with Crippen LogP contribution >= 0.6 is 0 Å². The molecule has 4 aromatic carbocycles. The van der Waals surface area contributed by atoms with E-state index in [1.54, 1.807) is 0 Å². The Hall–Kier alpha value is -5.02. The Morgan fingerprint density at radius 1 is 0.704 bits per heavy atom. The van der Waals surface area contributed by atoms with E-state index in [1.807, 2.05) is 5.43 Å². The number of ketones is 1. The predicted octanol–water partition coefficient (Wildman–Crippen LogP) is -5.88. The van der Waals surface area contributed by atoms with Crippen molar-refractivity contribution < 1.29 is 105 Å². The van der Waals surface area contributed by atoms with Crippen LogP contribution < -0.4 is 97.0 Å². The zero-order valence-electron chi connectivity index (χ0n) is 27.2. The number of nitrogens with zero attached hydrogens (tertiary/aromatic N) is 5. The molecule has 4 aromatic rings. The minimum Gasteiger partial charge on any atom is -0.744 e. The van der Waals surface area contributed by atoms with Crippen LogP contribution in [-0.4, -0.2) is 52.4 Å². The molecule has 0 aromatic heterocycles. The molecular formula is C28H16N8Na2O14S2. The van der Waals surface area contributed by atoms with Crippen LogP contribution in [0.1, 0.15) is 15.9 Å². The molecular weight excluding hydrogens is 782 g/mol. The van der Waals surface area contributed by atoms with E-state index < -0.39 is 90.1 Å². The number of carbonyl (C=O) groups excluding carboxylic acids is 1. The van der Waals surface area contributed by atoms with Gasteiger partial charge in [-0.2, -0.15) is 15.3 Å². The van der Waals surface area contributed by atoms with Gasteiger partial charge in [0, 0.05) is 23.8 Å². The Labute approximate surface area is 344 Å². The zero-order chi connectivity index (χ0) is 38.1. The van der Waals surface area contributed by atoms with E-state index in [4.69, 9.17) is 0 Å². The quantitative estimate of drug-likeness (QED) is 0.0381. The van der Waals surface area contributed by atoms with Crippen LogP contribution in [0.25, 0.3) is 6.08 Å². The number of phenols is 1. The first kappa shape index (κ1) is 43.4. The number of nitrogens with one attached hydrogen (secondary N) is 3. The summed E-state index contributed by atoms with van der Waals surface area (Å²) in [5.74, 6) is -2.20. The Balaban J connectivity index is 0.00000392. The second-order valence-corrected chi connectivity index (χ2v) is 13.0. The van der Waals surface area contributed by atoms with Crippen LogP contribution in [0, 0.1) is 20.2 Å². The average molecular weight is 799 g/mol. The maximum Gasteiger partial charge on any atom is 1.00 e. The number of aromatic hydroxyl groups is 1. The van der Waals surface area contributed by atoms with Crippen molar-refractivity contribution in [2.45, 2.75) is 4.90 Å². The van der Waals surface area contributed by atoms with Crippen LogP contribution in [0.15, 0.2) is 101 Å². The fourth-order valence-electron chi connectivity index (χ4n) is 4.41. The van der Waals surface area contributed by atoms with Crippen molar-refractivity contribution in [2.24, 2.45) is 15.3 Å². The van der Waals surface area contributed by atoms with Crippen LogP contribution in [0.4, 0.5) is 28.4 Å². The maximum absolute atomic E-state index is 13.4. The molecule has 26 heteroatoms. The number of hydrazone groups is 1. The smallest absolute Gasteiger partial charge is 0.744 e. The molecule has 0 aliphatic heterocycles. The Morgan fingerprint density at radius 3 is 1.93 bits per heavy atom. The summed E-state index contributed by atoms with van der Waals surface area (Å²) in [6.07, 6.45) is 0.897. The first-order chi connectivity index (χ1) is 24.3. The van der Waals surface area contributed by atoms with Crippen molar-refractivity contribution in [1.29, 1.82) is 0 Å². The van der Waals surface area contributed by atoms with Crippen molar-refractivity contribution in [3.05, 3.63) is 134 Å². The molecule has 1 aliphatic rings. The van der Waals surface area contributed by atoms with Gasteiger partial charge in [0.15, 0.2) is 5.36 Å². The van der Waals surface area contributed by atoms with E-state index in [0.717, 1.165) is 30.3 Å². The van der Waals surface area contributed by atoms with Crippen molar-refractivity contribution in [3.8, 4) is 5.75 Å². The number of benzene rings is 4. The molecule has 0 atom stereocenters. The Kier molecular flexibility index (Phi) is 13.6. The van der Waals surface area contributed by atoms with E-state index >= 15 is 0 Å². The van der Waals surface area contributed by atoms with E-state index in [2.05, 4.69) is 26.2 Å². The molecule has 0 heterocycles. The number of Topliss-reactive ketones (excluding diaryl/α,β-unsaturated/α-hetero) is 1. The molecule has 0 radical (unpaired) electrons. The molecule has 0 fully saturated rings. The van der Waals surface area contributed by atoms with Crippen LogP contribution in [0.2, 0.25) is 0 Å². The molecule has 4 N–H and O–H groups in total. The summed E-state index contributed by atoms with van der Waals surface area (Å²) in [6, 6.07) is 10.9. The van der Waals surface area contributed by atoms with Gasteiger partial charge in [0.05, 0.1) is 31.0 Å². The Morgan fingerprint density at radius 2 is 1.33 bits per heavy atom. The third-order valence-electron chi connectivity index (χ3n) is 6.89. The number of non-ortho nitro benzene ring substituents is 1. The van der Waals surface area contributed by atoms with Crippen molar-refractivity contribution >= 4 is 66.2 Å². The molecule has 266 valence electrons. The van der Waals surface area contributed by atoms with Gasteiger partial charge in [-0.1, -0.05) is 6.07 Å². The number of anilines is 3. The summed E-state index contributed by atoms with van der Waals surface area (Å²) in [5.41, 5.74) is 1.48. The second-order valence-electron chi connectivity index (χ2n) is 10.2. The van der Waals surface area contributed by atoms with Gasteiger partial charge in [0.1, 0.15) is 37.0 Å². The van der Waals surface area contributed by atoms with Gasteiger partial charge in [0.2, 0.25) is 22.4 Å². The number of hydrogen-bond acceptors (Lipinski definition) is 20. The molecule has 1 aliphatic carbocycles. The van der Waals surface area contributed by atoms with Gasteiger partial charge in [-0.25, -0.2) is 16.8 Å². The predicted molar refractivity (Wildman–Crippen MR) is 175 cm³/mol. The van der Waals surface area contributed by atoms with Crippen molar-refractivity contribution in [1.82, 2.24) is 0 Å². The standard InChI is InChI=1S/C28H18N8O14S2.2Na/c37-22-8-7-19(28(40)24(22)33-32-20-11-17(51(45,46)47)12-21(27(20)39)36(43)44)31-30-15-2-1-13-9-23(52(48,49)50)25(26(38)18(13)10-15)34-29-14-3-5-16(6-4-14)35(41)42;;/h1-12,29-30,32,39H,(H,45,46,47)(H,48,49,50);;/q;2*+1/p-2/b31-19+,33-24-,34-25-;;. The first-order valence-corrected chi connectivity index (χ1v) is 16.5. The zero-order valence-corrected chi connectivity index (χ0v) is 32.9. The largest absolute Gasteiger partial charge is 1.00 e. The van der Waals surface area contributed by atoms with E-state index in [0.29, 0.717) is 12.1 Å². The molecule has 0 saturated heterocycles. The summed E-state index contributed by atoms with van der Waals surface area (Å²) in [5, 5.41) is 42.1. The van der Waals surface area contributed by atoms with Crippen molar-refractivity contribution in [2.75, 3.05) is 16.3 Å². The third-order valence-corrected chi connectivity index (χ3v) is 8.56. The number of carbonyl (C=O) groups is 1. The van der Waals surface area contributed by atoms with Gasteiger partial charge >= 0.3 is 64.8 Å². The average Bonchev–Trinajstić information content (AvgIpc) is 3.07. The number of phenolic OH excluding ortho intramolecular Hbond substituents is 1. The molecule has 54 heavy (non-hydrogen) atoms. The molecule has 0 saturated carbocycles. The molecule has 5 rings (SSSR count). The number of rotatable bonds is 10. The molecule has 22 nitrogen and oxygen atoms in total. The van der Waals surface area contributed by atoms with E-state index in [9.17, 15) is 65.7 Å². The first-order valence-electron chi connectivity index (χ1n) is 13.7. The summed E-state index contributed by atoms with van der Waals surface area (Å²) >= 11 is 0. The number of fused-ring (bicyclic) bond motifs is 1. The normalized spacial score (nSPS) is 13.9. The van der Waals surface area contributed by atoms with Gasteiger partial charge in [-0.3, -0.25) is 50.9 Å². The Bertz CT molecular complexity index is 2750. The summed E-state index contributed by atoms with van der Waals surface area (Å²) in [4.78, 5) is 57.0. The van der Waals surface area contributed by atoms with Crippen LogP contribution in [-0.2, 0) is 20.2 Å². The van der Waals surface area contributed by atoms with Gasteiger partial charge in [-0.05, 0) is 54.1 Å². The number of nitro groups is 2. The molecule has 0 amide bonds. The molecule has 0 spiro atoms. The third kappa shape index (κ3) is 9.55. The minimum absolute atomic E-state index is 0. The summed E-state index contributed by atoms with van der Waals surface area (Å²) < 4.78 is 70.3. The number of nitro benzene ring substituents is 2. The maximum atomic E-state index is 13.4. The van der Waals surface area contributed by atoms with Crippen molar-refractivity contribution in [3.63, 3.8) is 0 Å². The molecule has 0 unspecified atom stereocenters. The van der Waals surface area contributed by atoms with Crippen LogP contribution in [0.5, 0.6) is 5.75 Å². The minimum atomic E-state index is -5.27. The van der Waals surface area contributed by atoms with E-state index in [1.165, 1.54) is 30.3 Å². The monoisotopic (exact) mass is 798 g/mol. The topological polar surface area (TPSA) is 345 Å². The second kappa shape index (κ2) is 17.0. The van der Waals surface area contributed by atoms with Gasteiger partial charge in [-0.15, -0.1) is 0 Å². The number of allylic oxidation sites excluding steroid dienone is 1. The summed E-state index contributed by atoms with van der Waals surface area (Å²) in [6.45, 7) is 0. The summed E-state index contributed by atoms with van der Waals surface area (Å²) in [7, 11) is -10.5. The molecule has 0 bridgehead atoms. The SMILES string of the molecule is O=C1/C(=N\Nc2ccc([N+](=O)[O-])cc2)C(S(=O)(=O)[O-])=Cc2ccc(N/N=c3\ccc(=O)/c(=N/Nc4cc(S(=O)(=O)[O-])cc([N+](=O)[O-])c4O)c3=O)cc21.[Na+].[Na+]. The van der Waals surface area contributed by atoms with Gasteiger partial charge in [0.25, 0.3) is 5.69 Å². The van der Waals surface area contributed by atoms with Gasteiger partial charge < -0.3 is 14.2 Å². The van der Waals surface area contributed by atoms with Crippen LogP contribution in [0.3, 0.4) is 0 Å². The number of hydrogen-bond donors (Lipinski definition) is 4.